The summed E-state index contributed by atoms with van der Waals surface area (Å²) in [4.78, 5) is 18.7. The van der Waals surface area contributed by atoms with E-state index in [0.717, 1.165) is 42.8 Å². The first kappa shape index (κ1) is 14.3. The van der Waals surface area contributed by atoms with Gasteiger partial charge in [-0.15, -0.1) is 11.3 Å². The highest BCUT2D eigenvalue weighted by Crippen LogP contribution is 2.36. The summed E-state index contributed by atoms with van der Waals surface area (Å²) in [7, 11) is 0. The maximum Gasteiger partial charge on any atom is 0.410 e. The standard InChI is InChI=1S/C16H20N2O2S/c1-2-3-11-20-16(19)18-10-6-8-13(18)15-17-12-7-4-5-9-14(12)21-15/h4-5,7,9,13H,2-3,6,8,10-11H2,1H3/t13-/m1/s1. The van der Waals surface area contributed by atoms with E-state index in [4.69, 9.17) is 9.72 Å². The van der Waals surface area contributed by atoms with Crippen LogP contribution in [0.1, 0.15) is 43.7 Å². The number of amides is 1. The summed E-state index contributed by atoms with van der Waals surface area (Å²) < 4.78 is 6.54. The number of fused-ring (bicyclic) bond motifs is 1. The monoisotopic (exact) mass is 304 g/mol. The van der Waals surface area contributed by atoms with Crippen LogP contribution in [0.15, 0.2) is 24.3 Å². The fourth-order valence-corrected chi connectivity index (χ4v) is 3.78. The second-order valence-electron chi connectivity index (χ2n) is 5.34. The molecule has 0 N–H and O–H groups in total. The van der Waals surface area contributed by atoms with E-state index in [1.807, 2.05) is 23.1 Å². The van der Waals surface area contributed by atoms with Crippen LogP contribution in [-0.4, -0.2) is 29.1 Å². The predicted molar refractivity (Wildman–Crippen MR) is 84.6 cm³/mol. The van der Waals surface area contributed by atoms with Gasteiger partial charge in [0.15, 0.2) is 0 Å². The summed E-state index contributed by atoms with van der Waals surface area (Å²) in [6.45, 7) is 3.37. The number of unbranched alkanes of at least 4 members (excludes halogenated alkanes) is 1. The van der Waals surface area contributed by atoms with Crippen LogP contribution in [0.25, 0.3) is 10.2 Å². The van der Waals surface area contributed by atoms with Crippen molar-refractivity contribution < 1.29 is 9.53 Å². The number of para-hydroxylation sites is 1. The number of rotatable bonds is 4. The van der Waals surface area contributed by atoms with Crippen molar-refractivity contribution in [2.24, 2.45) is 0 Å². The molecular weight excluding hydrogens is 284 g/mol. The highest BCUT2D eigenvalue weighted by molar-refractivity contribution is 7.18. The summed E-state index contributed by atoms with van der Waals surface area (Å²) in [6.07, 6.45) is 3.76. The molecule has 3 rings (SSSR count). The third-order valence-electron chi connectivity index (χ3n) is 3.81. The summed E-state index contributed by atoms with van der Waals surface area (Å²) in [5.41, 5.74) is 1.02. The Labute approximate surface area is 128 Å². The average Bonchev–Trinajstić information content (AvgIpc) is 3.13. The Balaban J connectivity index is 1.75. The smallest absolute Gasteiger partial charge is 0.410 e. The molecule has 1 fully saturated rings. The van der Waals surface area contributed by atoms with Crippen molar-refractivity contribution in [1.29, 1.82) is 0 Å². The number of carbonyl (C=O) groups excluding carboxylic acids is 1. The summed E-state index contributed by atoms with van der Waals surface area (Å²) in [5, 5.41) is 1.03. The van der Waals surface area contributed by atoms with Crippen molar-refractivity contribution in [3.63, 3.8) is 0 Å². The van der Waals surface area contributed by atoms with Crippen molar-refractivity contribution in [2.45, 2.75) is 38.6 Å². The zero-order chi connectivity index (χ0) is 14.7. The van der Waals surface area contributed by atoms with Gasteiger partial charge in [-0.25, -0.2) is 9.78 Å². The number of nitrogens with zero attached hydrogens (tertiary/aromatic N) is 2. The van der Waals surface area contributed by atoms with Crippen molar-refractivity contribution in [1.82, 2.24) is 9.88 Å². The van der Waals surface area contributed by atoms with E-state index in [2.05, 4.69) is 13.0 Å². The van der Waals surface area contributed by atoms with Crippen LogP contribution in [0, 0.1) is 0 Å². The highest BCUT2D eigenvalue weighted by atomic mass is 32.1. The quantitative estimate of drug-likeness (QED) is 0.788. The number of benzene rings is 1. The fraction of sp³-hybridized carbons (Fsp3) is 0.500. The minimum absolute atomic E-state index is 0.0801. The Bertz CT molecular complexity index is 593. The Hall–Kier alpha value is -1.62. The molecule has 1 amide bonds. The molecule has 1 atom stereocenters. The molecule has 0 radical (unpaired) electrons. The normalized spacial score (nSPS) is 18.3. The number of carbonyl (C=O) groups is 1. The molecule has 1 aromatic heterocycles. The van der Waals surface area contributed by atoms with E-state index in [1.54, 1.807) is 11.3 Å². The molecule has 0 spiro atoms. The van der Waals surface area contributed by atoms with Gasteiger partial charge in [0, 0.05) is 6.54 Å². The zero-order valence-electron chi connectivity index (χ0n) is 12.2. The Kier molecular flexibility index (Phi) is 4.39. The molecule has 0 saturated carbocycles. The Morgan fingerprint density at radius 3 is 3.14 bits per heavy atom. The fourth-order valence-electron chi connectivity index (χ4n) is 2.66. The van der Waals surface area contributed by atoms with Crippen LogP contribution in [0.2, 0.25) is 0 Å². The van der Waals surface area contributed by atoms with Gasteiger partial charge in [-0.2, -0.15) is 0 Å². The minimum Gasteiger partial charge on any atom is -0.449 e. The van der Waals surface area contributed by atoms with Crippen LogP contribution >= 0.6 is 11.3 Å². The van der Waals surface area contributed by atoms with Crippen molar-refractivity contribution in [3.05, 3.63) is 29.3 Å². The predicted octanol–water partition coefficient (Wildman–Crippen LogP) is 4.37. The van der Waals surface area contributed by atoms with E-state index in [1.165, 1.54) is 4.70 Å². The van der Waals surface area contributed by atoms with Crippen molar-refractivity contribution >= 4 is 27.6 Å². The van der Waals surface area contributed by atoms with Crippen LogP contribution in [-0.2, 0) is 4.74 Å². The van der Waals surface area contributed by atoms with E-state index in [0.29, 0.717) is 6.61 Å². The second-order valence-corrected chi connectivity index (χ2v) is 6.40. The van der Waals surface area contributed by atoms with Crippen LogP contribution in [0.3, 0.4) is 0 Å². The average molecular weight is 304 g/mol. The molecule has 112 valence electrons. The Morgan fingerprint density at radius 2 is 2.33 bits per heavy atom. The maximum atomic E-state index is 12.2. The SMILES string of the molecule is CCCCOC(=O)N1CCC[C@@H]1c1nc2ccccc2s1. The van der Waals surface area contributed by atoms with E-state index < -0.39 is 0 Å². The third kappa shape index (κ3) is 3.02. The lowest BCUT2D eigenvalue weighted by Crippen LogP contribution is -2.31. The van der Waals surface area contributed by atoms with Gasteiger partial charge >= 0.3 is 6.09 Å². The van der Waals surface area contributed by atoms with Gasteiger partial charge in [0.05, 0.1) is 22.9 Å². The van der Waals surface area contributed by atoms with Crippen molar-refractivity contribution in [3.8, 4) is 0 Å². The van der Waals surface area contributed by atoms with Crippen LogP contribution in [0.5, 0.6) is 0 Å². The van der Waals surface area contributed by atoms with Gasteiger partial charge in [-0.3, -0.25) is 4.90 Å². The first-order valence-electron chi connectivity index (χ1n) is 7.58. The van der Waals surface area contributed by atoms with Crippen LogP contribution < -0.4 is 0 Å². The number of thiazole rings is 1. The number of hydrogen-bond acceptors (Lipinski definition) is 4. The van der Waals surface area contributed by atoms with Gasteiger partial charge < -0.3 is 4.74 Å². The lowest BCUT2D eigenvalue weighted by Gasteiger charge is -2.22. The first-order valence-corrected chi connectivity index (χ1v) is 8.40. The molecule has 1 aliphatic heterocycles. The summed E-state index contributed by atoms with van der Waals surface area (Å²) >= 11 is 1.68. The number of likely N-dealkylation sites (tertiary alicyclic amines) is 1. The summed E-state index contributed by atoms with van der Waals surface area (Å²) in [6, 6.07) is 8.20. The molecule has 0 unspecified atom stereocenters. The van der Waals surface area contributed by atoms with E-state index in [-0.39, 0.29) is 12.1 Å². The number of hydrogen-bond donors (Lipinski definition) is 0. The molecule has 1 aliphatic rings. The van der Waals surface area contributed by atoms with E-state index >= 15 is 0 Å². The third-order valence-corrected chi connectivity index (χ3v) is 4.94. The maximum absolute atomic E-state index is 12.2. The highest BCUT2D eigenvalue weighted by Gasteiger charge is 2.33. The molecule has 0 bridgehead atoms. The number of aromatic nitrogens is 1. The zero-order valence-corrected chi connectivity index (χ0v) is 13.1. The Morgan fingerprint density at radius 1 is 1.48 bits per heavy atom. The first-order chi connectivity index (χ1) is 10.3. The van der Waals surface area contributed by atoms with Gasteiger partial charge in [0.2, 0.25) is 0 Å². The van der Waals surface area contributed by atoms with Gasteiger partial charge in [-0.1, -0.05) is 25.5 Å². The largest absolute Gasteiger partial charge is 0.449 e. The van der Waals surface area contributed by atoms with Gasteiger partial charge in [-0.05, 0) is 31.4 Å². The molecule has 21 heavy (non-hydrogen) atoms. The van der Waals surface area contributed by atoms with Crippen molar-refractivity contribution in [2.75, 3.05) is 13.2 Å². The van der Waals surface area contributed by atoms with E-state index in [9.17, 15) is 4.79 Å². The molecule has 0 aliphatic carbocycles. The van der Waals surface area contributed by atoms with Gasteiger partial charge in [0.1, 0.15) is 5.01 Å². The minimum atomic E-state index is -0.190. The second kappa shape index (κ2) is 6.43. The molecular formula is C16H20N2O2S. The topological polar surface area (TPSA) is 42.4 Å². The lowest BCUT2D eigenvalue weighted by molar-refractivity contribution is 0.0968. The van der Waals surface area contributed by atoms with Gasteiger partial charge in [0.25, 0.3) is 0 Å². The van der Waals surface area contributed by atoms with Crippen LogP contribution in [0.4, 0.5) is 4.79 Å². The molecule has 4 nitrogen and oxygen atoms in total. The molecule has 1 saturated heterocycles. The summed E-state index contributed by atoms with van der Waals surface area (Å²) in [5.74, 6) is 0. The number of ether oxygens (including phenoxy) is 1. The molecule has 2 heterocycles. The molecule has 1 aromatic carbocycles. The lowest BCUT2D eigenvalue weighted by atomic mass is 10.2. The molecule has 5 heteroatoms. The molecule has 2 aromatic rings.